The predicted octanol–water partition coefficient (Wildman–Crippen LogP) is 8.94. The first-order chi connectivity index (χ1) is 18.5. The molecule has 3 atom stereocenters. The second kappa shape index (κ2) is 10.5. The maximum Gasteiger partial charge on any atom is 0.128 e. The summed E-state index contributed by atoms with van der Waals surface area (Å²) in [5.41, 5.74) is 7.55. The van der Waals surface area contributed by atoms with Crippen LogP contribution in [0.5, 0.6) is 5.75 Å². The lowest BCUT2D eigenvalue weighted by Crippen LogP contribution is -2.29. The Balaban J connectivity index is 1.19. The molecule has 0 amide bonds. The molecule has 6 rings (SSSR count). The van der Waals surface area contributed by atoms with Crippen molar-refractivity contribution in [1.29, 1.82) is 0 Å². The molecule has 0 aromatic heterocycles. The first-order valence-electron chi connectivity index (χ1n) is 12.9. The zero-order chi connectivity index (χ0) is 26.1. The van der Waals surface area contributed by atoms with E-state index in [9.17, 15) is 4.39 Å². The molecule has 1 heterocycles. The summed E-state index contributed by atoms with van der Waals surface area (Å²) in [5, 5.41) is 4.40. The predicted molar refractivity (Wildman–Crippen MR) is 153 cm³/mol. The van der Waals surface area contributed by atoms with Gasteiger partial charge in [0, 0.05) is 28.4 Å². The third-order valence-electron chi connectivity index (χ3n) is 7.38. The molecule has 5 heteroatoms. The fourth-order valence-electron chi connectivity index (χ4n) is 5.50. The van der Waals surface area contributed by atoms with Gasteiger partial charge >= 0.3 is 0 Å². The highest BCUT2D eigenvalue weighted by Crippen LogP contribution is 2.50. The number of hydrogen-bond donors (Lipinski definition) is 1. The van der Waals surface area contributed by atoms with Gasteiger partial charge in [-0.2, -0.15) is 0 Å². The highest BCUT2D eigenvalue weighted by molar-refractivity contribution is 6.30. The second-order valence-electron chi connectivity index (χ2n) is 10.0. The minimum Gasteiger partial charge on any atom is -0.488 e. The summed E-state index contributed by atoms with van der Waals surface area (Å²) in [4.78, 5) is 4.69. The lowest BCUT2D eigenvalue weighted by atomic mass is 9.76. The van der Waals surface area contributed by atoms with Crippen LogP contribution in [0.4, 0.5) is 15.8 Å². The van der Waals surface area contributed by atoms with Gasteiger partial charge in [0.15, 0.2) is 0 Å². The first-order valence-corrected chi connectivity index (χ1v) is 13.3. The average molecular weight is 523 g/mol. The third-order valence-corrected chi connectivity index (χ3v) is 7.61. The van der Waals surface area contributed by atoms with Crippen molar-refractivity contribution in [2.75, 3.05) is 5.32 Å². The number of anilines is 1. The molecule has 0 radical (unpaired) electrons. The Morgan fingerprint density at radius 3 is 2.74 bits per heavy atom. The number of allylic oxidation sites excluding steroid dienone is 2. The zero-order valence-electron chi connectivity index (χ0n) is 21.1. The molecule has 1 aliphatic carbocycles. The van der Waals surface area contributed by atoms with Crippen LogP contribution >= 0.6 is 11.6 Å². The molecule has 0 bridgehead atoms. The van der Waals surface area contributed by atoms with Crippen molar-refractivity contribution < 1.29 is 9.13 Å². The molecule has 190 valence electrons. The van der Waals surface area contributed by atoms with Crippen molar-refractivity contribution in [3.8, 4) is 5.75 Å². The SMILES string of the molecule is Cc1ccc2c(c1)[C@@H]1C=CC[C@H]1[C@@H](c1ccc(N=Cc3cc(Cl)ccc3OCc3cccc(F)c3)cc1)N2. The summed E-state index contributed by atoms with van der Waals surface area (Å²) < 4.78 is 19.5. The number of aliphatic imine (C=N–C) groups is 1. The summed E-state index contributed by atoms with van der Waals surface area (Å²) in [7, 11) is 0. The Bertz CT molecular complexity index is 1530. The fraction of sp³-hybridized carbons (Fsp3) is 0.182. The molecule has 1 aliphatic heterocycles. The number of nitrogens with one attached hydrogen (secondary N) is 1. The van der Waals surface area contributed by atoms with Gasteiger partial charge in [0.1, 0.15) is 18.2 Å². The van der Waals surface area contributed by atoms with E-state index in [0.29, 0.717) is 22.6 Å². The number of halogens is 2. The van der Waals surface area contributed by atoms with Gasteiger partial charge < -0.3 is 10.1 Å². The molecule has 0 saturated heterocycles. The molecule has 38 heavy (non-hydrogen) atoms. The second-order valence-corrected chi connectivity index (χ2v) is 10.5. The maximum atomic E-state index is 13.5. The van der Waals surface area contributed by atoms with Crippen molar-refractivity contribution in [3.63, 3.8) is 0 Å². The quantitative estimate of drug-likeness (QED) is 0.202. The molecular formula is C33H28ClFN2O. The van der Waals surface area contributed by atoms with E-state index in [1.54, 1.807) is 18.3 Å². The van der Waals surface area contributed by atoms with Crippen LogP contribution in [0.1, 0.15) is 46.2 Å². The summed E-state index contributed by atoms with van der Waals surface area (Å²) in [6.07, 6.45) is 7.52. The topological polar surface area (TPSA) is 33.6 Å². The minimum atomic E-state index is -0.283. The van der Waals surface area contributed by atoms with Crippen molar-refractivity contribution in [2.24, 2.45) is 10.9 Å². The molecular weight excluding hydrogens is 495 g/mol. The van der Waals surface area contributed by atoms with E-state index in [2.05, 4.69) is 59.7 Å². The maximum absolute atomic E-state index is 13.5. The van der Waals surface area contributed by atoms with Gasteiger partial charge in [-0.15, -0.1) is 0 Å². The van der Waals surface area contributed by atoms with Crippen LogP contribution in [0.25, 0.3) is 0 Å². The average Bonchev–Trinajstić information content (AvgIpc) is 3.42. The van der Waals surface area contributed by atoms with Gasteiger partial charge in [-0.25, -0.2) is 4.39 Å². The highest BCUT2D eigenvalue weighted by Gasteiger charge is 2.37. The first kappa shape index (κ1) is 24.4. The standard InChI is InChI=1S/C33H28ClFN2O/c1-21-8-14-31-30(16-21)28-6-3-7-29(28)33(37-31)23-9-12-27(13-10-23)36-19-24-18-25(34)11-15-32(24)38-20-22-4-2-5-26(35)17-22/h2-6,8-19,28-29,33,37H,7,20H2,1H3/t28-,29-,33-/m1/s1. The molecule has 0 unspecified atom stereocenters. The Morgan fingerprint density at radius 2 is 1.89 bits per heavy atom. The lowest BCUT2D eigenvalue weighted by molar-refractivity contribution is 0.305. The Morgan fingerprint density at radius 1 is 1.03 bits per heavy atom. The monoisotopic (exact) mass is 522 g/mol. The number of fused-ring (bicyclic) bond motifs is 3. The largest absolute Gasteiger partial charge is 0.488 e. The molecule has 4 aromatic rings. The number of hydrogen-bond acceptors (Lipinski definition) is 3. The number of ether oxygens (including phenoxy) is 1. The van der Waals surface area contributed by atoms with E-state index >= 15 is 0 Å². The molecule has 4 aromatic carbocycles. The van der Waals surface area contributed by atoms with Gasteiger partial charge in [0.25, 0.3) is 0 Å². The Labute approximate surface area is 227 Å². The Hall–Kier alpha value is -3.89. The molecule has 0 fully saturated rings. The van der Waals surface area contributed by atoms with Crippen LogP contribution < -0.4 is 10.1 Å². The molecule has 2 aliphatic rings. The highest BCUT2D eigenvalue weighted by atomic mass is 35.5. The normalized spacial score (nSPS) is 19.7. The molecule has 0 saturated carbocycles. The van der Waals surface area contributed by atoms with Gasteiger partial charge in [0.05, 0.1) is 11.7 Å². The van der Waals surface area contributed by atoms with Gasteiger partial charge in [0.2, 0.25) is 0 Å². The van der Waals surface area contributed by atoms with Crippen LogP contribution in [0.2, 0.25) is 5.02 Å². The summed E-state index contributed by atoms with van der Waals surface area (Å²) in [5.74, 6) is 1.30. The van der Waals surface area contributed by atoms with E-state index in [1.165, 1.54) is 34.5 Å². The van der Waals surface area contributed by atoms with E-state index in [1.807, 2.05) is 30.3 Å². The fourth-order valence-corrected chi connectivity index (χ4v) is 5.68. The van der Waals surface area contributed by atoms with Crippen molar-refractivity contribution in [1.82, 2.24) is 0 Å². The molecule has 3 nitrogen and oxygen atoms in total. The molecule has 1 N–H and O–H groups in total. The Kier molecular flexibility index (Phi) is 6.73. The van der Waals surface area contributed by atoms with E-state index in [0.717, 1.165) is 23.2 Å². The van der Waals surface area contributed by atoms with Gasteiger partial charge in [-0.3, -0.25) is 4.99 Å². The summed E-state index contributed by atoms with van der Waals surface area (Å²) >= 11 is 6.25. The summed E-state index contributed by atoms with van der Waals surface area (Å²) in [6, 6.07) is 27.2. The van der Waals surface area contributed by atoms with E-state index in [-0.39, 0.29) is 18.5 Å². The van der Waals surface area contributed by atoms with Gasteiger partial charge in [-0.05, 0) is 84.5 Å². The number of nitrogens with zero attached hydrogens (tertiary/aromatic N) is 1. The smallest absolute Gasteiger partial charge is 0.128 e. The van der Waals surface area contributed by atoms with Crippen LogP contribution in [0.15, 0.2) is 102 Å². The third kappa shape index (κ3) is 5.09. The van der Waals surface area contributed by atoms with Gasteiger partial charge in [-0.1, -0.05) is 65.7 Å². The van der Waals surface area contributed by atoms with E-state index < -0.39 is 0 Å². The lowest BCUT2D eigenvalue weighted by Gasteiger charge is -2.37. The van der Waals surface area contributed by atoms with Crippen molar-refractivity contribution in [2.45, 2.75) is 31.9 Å². The van der Waals surface area contributed by atoms with Crippen molar-refractivity contribution >= 4 is 29.2 Å². The zero-order valence-corrected chi connectivity index (χ0v) is 21.8. The number of benzene rings is 4. The van der Waals surface area contributed by atoms with Crippen LogP contribution in [0.3, 0.4) is 0 Å². The van der Waals surface area contributed by atoms with E-state index in [4.69, 9.17) is 16.3 Å². The van der Waals surface area contributed by atoms with Crippen LogP contribution in [-0.2, 0) is 6.61 Å². The molecule has 0 spiro atoms. The number of aryl methyl sites for hydroxylation is 1. The van der Waals surface area contributed by atoms with Crippen LogP contribution in [-0.4, -0.2) is 6.21 Å². The minimum absolute atomic E-state index is 0.249. The number of rotatable bonds is 6. The van der Waals surface area contributed by atoms with Crippen molar-refractivity contribution in [3.05, 3.63) is 136 Å². The van der Waals surface area contributed by atoms with Crippen LogP contribution in [0, 0.1) is 18.7 Å². The summed E-state index contributed by atoms with van der Waals surface area (Å²) in [6.45, 7) is 2.41.